The number of thioether (sulfide) groups is 1. The Morgan fingerprint density at radius 2 is 2.37 bits per heavy atom. The van der Waals surface area contributed by atoms with Gasteiger partial charge in [0, 0.05) is 40.7 Å². The Morgan fingerprint density at radius 1 is 1.58 bits per heavy atom. The van der Waals surface area contributed by atoms with Crippen molar-refractivity contribution < 1.29 is 4.79 Å². The van der Waals surface area contributed by atoms with Crippen LogP contribution >= 0.6 is 40.1 Å². The highest BCUT2D eigenvalue weighted by atomic mass is 79.9. The summed E-state index contributed by atoms with van der Waals surface area (Å²) >= 11 is 5.37. The third-order valence-corrected chi connectivity index (χ3v) is 4.96. The molecule has 1 fully saturated rings. The molecule has 2 N–H and O–H groups in total. The van der Waals surface area contributed by atoms with Gasteiger partial charge in [0.2, 0.25) is 5.91 Å². The van der Waals surface area contributed by atoms with Crippen LogP contribution in [-0.4, -0.2) is 30.0 Å². The Balaban J connectivity index is 0.00000180. The second kappa shape index (κ2) is 8.15. The number of carbonyl (C=O) groups is 1. The molecular weight excluding hydrogens is 348 g/mol. The molecule has 1 aliphatic rings. The van der Waals surface area contributed by atoms with Crippen LogP contribution in [-0.2, 0) is 4.79 Å². The standard InChI is InChI=1S/C13H17BrN2OS.ClH/c1-9-11(14)3-2-4-12(9)16-13(17)7-10-8-18-6-5-15-10;/h2-4,10,15H,5-8H2,1H3,(H,16,17);1H. The first-order valence-electron chi connectivity index (χ1n) is 6.03. The number of rotatable bonds is 3. The molecule has 1 aromatic rings. The van der Waals surface area contributed by atoms with Crippen molar-refractivity contribution in [2.45, 2.75) is 19.4 Å². The maximum atomic E-state index is 12.0. The molecule has 0 spiro atoms. The highest BCUT2D eigenvalue weighted by Crippen LogP contribution is 2.23. The molecule has 0 radical (unpaired) electrons. The van der Waals surface area contributed by atoms with Gasteiger partial charge >= 0.3 is 0 Å². The quantitative estimate of drug-likeness (QED) is 0.864. The molecule has 6 heteroatoms. The molecule has 1 aromatic carbocycles. The first-order valence-corrected chi connectivity index (χ1v) is 7.97. The summed E-state index contributed by atoms with van der Waals surface area (Å²) in [6, 6.07) is 6.14. The highest BCUT2D eigenvalue weighted by molar-refractivity contribution is 9.10. The highest BCUT2D eigenvalue weighted by Gasteiger charge is 2.17. The minimum atomic E-state index is 0. The van der Waals surface area contributed by atoms with Gasteiger partial charge in [0.25, 0.3) is 0 Å². The van der Waals surface area contributed by atoms with E-state index in [1.165, 1.54) is 0 Å². The van der Waals surface area contributed by atoms with Gasteiger partial charge in [-0.2, -0.15) is 11.8 Å². The summed E-state index contributed by atoms with van der Waals surface area (Å²) in [5.74, 6) is 2.24. The summed E-state index contributed by atoms with van der Waals surface area (Å²) in [4.78, 5) is 12.0. The smallest absolute Gasteiger partial charge is 0.225 e. The van der Waals surface area contributed by atoms with E-state index < -0.39 is 0 Å². The molecular formula is C13H18BrClN2OS. The fraction of sp³-hybridized carbons (Fsp3) is 0.462. The number of hydrogen-bond donors (Lipinski definition) is 2. The maximum absolute atomic E-state index is 12.0. The molecule has 106 valence electrons. The van der Waals surface area contributed by atoms with E-state index in [0.717, 1.165) is 33.8 Å². The largest absolute Gasteiger partial charge is 0.326 e. The number of hydrogen-bond acceptors (Lipinski definition) is 3. The number of amides is 1. The van der Waals surface area contributed by atoms with Crippen molar-refractivity contribution in [1.29, 1.82) is 0 Å². The summed E-state index contributed by atoms with van der Waals surface area (Å²) in [6.07, 6.45) is 0.541. The van der Waals surface area contributed by atoms with Crippen molar-refractivity contribution in [1.82, 2.24) is 5.32 Å². The third-order valence-electron chi connectivity index (χ3n) is 2.97. The maximum Gasteiger partial charge on any atom is 0.225 e. The molecule has 1 amide bonds. The number of benzene rings is 1. The molecule has 2 rings (SSSR count). The van der Waals surface area contributed by atoms with Crippen molar-refractivity contribution in [2.24, 2.45) is 0 Å². The van der Waals surface area contributed by atoms with Crippen LogP contribution < -0.4 is 10.6 Å². The van der Waals surface area contributed by atoms with Crippen molar-refractivity contribution >= 4 is 51.7 Å². The lowest BCUT2D eigenvalue weighted by atomic mass is 10.1. The molecule has 0 aliphatic carbocycles. The SMILES string of the molecule is Cc1c(Br)cccc1NC(=O)CC1CSCCN1.Cl. The molecule has 1 heterocycles. The monoisotopic (exact) mass is 364 g/mol. The predicted octanol–water partition coefficient (Wildman–Crippen LogP) is 3.21. The summed E-state index contributed by atoms with van der Waals surface area (Å²) in [7, 11) is 0. The molecule has 0 bridgehead atoms. The van der Waals surface area contributed by atoms with E-state index in [1.807, 2.05) is 36.9 Å². The Labute approximate surface area is 132 Å². The van der Waals surface area contributed by atoms with Gasteiger partial charge in [-0.15, -0.1) is 12.4 Å². The van der Waals surface area contributed by atoms with Gasteiger partial charge in [0.15, 0.2) is 0 Å². The van der Waals surface area contributed by atoms with E-state index in [9.17, 15) is 4.79 Å². The second-order valence-electron chi connectivity index (χ2n) is 4.39. The lowest BCUT2D eigenvalue weighted by Gasteiger charge is -2.22. The van der Waals surface area contributed by atoms with Gasteiger partial charge in [-0.25, -0.2) is 0 Å². The van der Waals surface area contributed by atoms with Gasteiger partial charge in [-0.3, -0.25) is 4.79 Å². The van der Waals surface area contributed by atoms with Crippen LogP contribution in [0.4, 0.5) is 5.69 Å². The van der Waals surface area contributed by atoms with E-state index in [4.69, 9.17) is 0 Å². The fourth-order valence-electron chi connectivity index (χ4n) is 1.92. The average Bonchev–Trinajstić information content (AvgIpc) is 2.36. The van der Waals surface area contributed by atoms with Gasteiger partial charge in [-0.1, -0.05) is 22.0 Å². The minimum Gasteiger partial charge on any atom is -0.326 e. The first kappa shape index (κ1) is 16.8. The van der Waals surface area contributed by atoms with Crippen molar-refractivity contribution in [3.05, 3.63) is 28.2 Å². The number of nitrogens with one attached hydrogen (secondary N) is 2. The zero-order chi connectivity index (χ0) is 13.0. The van der Waals surface area contributed by atoms with Crippen LogP contribution in [0.25, 0.3) is 0 Å². The molecule has 0 aromatic heterocycles. The van der Waals surface area contributed by atoms with Gasteiger partial charge in [0.05, 0.1) is 0 Å². The van der Waals surface area contributed by atoms with Gasteiger partial charge in [-0.05, 0) is 24.6 Å². The minimum absolute atomic E-state index is 0. The molecule has 19 heavy (non-hydrogen) atoms. The third kappa shape index (κ3) is 4.99. The fourth-order valence-corrected chi connectivity index (χ4v) is 3.23. The van der Waals surface area contributed by atoms with Crippen LogP contribution in [0.15, 0.2) is 22.7 Å². The Bertz CT molecular complexity index is 439. The van der Waals surface area contributed by atoms with Crippen molar-refractivity contribution in [2.75, 3.05) is 23.4 Å². The zero-order valence-corrected chi connectivity index (χ0v) is 14.0. The Kier molecular flexibility index (Phi) is 7.21. The van der Waals surface area contributed by atoms with Crippen LogP contribution in [0.1, 0.15) is 12.0 Å². The van der Waals surface area contributed by atoms with Crippen molar-refractivity contribution in [3.63, 3.8) is 0 Å². The predicted molar refractivity (Wildman–Crippen MR) is 88.5 cm³/mol. The van der Waals surface area contributed by atoms with E-state index in [0.29, 0.717) is 12.5 Å². The van der Waals surface area contributed by atoms with Gasteiger partial charge in [0.1, 0.15) is 0 Å². The Hall–Kier alpha value is -0.230. The summed E-state index contributed by atoms with van der Waals surface area (Å²) in [5, 5.41) is 6.35. The molecule has 3 nitrogen and oxygen atoms in total. The van der Waals surface area contributed by atoms with Crippen LogP contribution in [0.3, 0.4) is 0 Å². The number of halogens is 2. The average molecular weight is 366 g/mol. The van der Waals surface area contributed by atoms with E-state index in [1.54, 1.807) is 0 Å². The lowest BCUT2D eigenvalue weighted by molar-refractivity contribution is -0.116. The first-order chi connectivity index (χ1) is 8.66. The zero-order valence-electron chi connectivity index (χ0n) is 10.7. The van der Waals surface area contributed by atoms with Crippen LogP contribution in [0, 0.1) is 6.92 Å². The molecule has 1 atom stereocenters. The summed E-state index contributed by atoms with van der Waals surface area (Å²) in [5.41, 5.74) is 1.95. The second-order valence-corrected chi connectivity index (χ2v) is 6.39. The molecule has 0 saturated carbocycles. The van der Waals surface area contributed by atoms with E-state index in [2.05, 4.69) is 26.6 Å². The normalized spacial score (nSPS) is 18.5. The summed E-state index contributed by atoms with van der Waals surface area (Å²) in [6.45, 7) is 2.99. The molecule has 1 aliphatic heterocycles. The van der Waals surface area contributed by atoms with Crippen molar-refractivity contribution in [3.8, 4) is 0 Å². The number of anilines is 1. The van der Waals surface area contributed by atoms with Crippen LogP contribution in [0.5, 0.6) is 0 Å². The topological polar surface area (TPSA) is 41.1 Å². The lowest BCUT2D eigenvalue weighted by Crippen LogP contribution is -2.39. The Morgan fingerprint density at radius 3 is 3.05 bits per heavy atom. The van der Waals surface area contributed by atoms with E-state index in [-0.39, 0.29) is 18.3 Å². The number of carbonyl (C=O) groups excluding carboxylic acids is 1. The van der Waals surface area contributed by atoms with E-state index >= 15 is 0 Å². The summed E-state index contributed by atoms with van der Waals surface area (Å²) < 4.78 is 1.02. The molecule has 1 saturated heterocycles. The molecule has 1 unspecified atom stereocenters. The van der Waals surface area contributed by atoms with Gasteiger partial charge < -0.3 is 10.6 Å². The van der Waals surface area contributed by atoms with Crippen LogP contribution in [0.2, 0.25) is 0 Å².